The van der Waals surface area contributed by atoms with Crippen molar-refractivity contribution in [3.8, 4) is 0 Å². The largest absolute Gasteiger partial charge is 0.356 e. The van der Waals surface area contributed by atoms with Crippen LogP contribution in [0, 0.1) is 0 Å². The summed E-state index contributed by atoms with van der Waals surface area (Å²) in [6.45, 7) is 6.29. The Labute approximate surface area is 327 Å². The smallest absolute Gasteiger partial charge is 0.219 e. The molecule has 0 aliphatic rings. The Balaban J connectivity index is 3.21. The highest BCUT2D eigenvalue weighted by Gasteiger charge is 2.03. The fourth-order valence-electron chi connectivity index (χ4n) is 7.61. The molecular formula is C48H96N2O2. The lowest BCUT2D eigenvalue weighted by Crippen LogP contribution is -2.23. The molecule has 2 N–H and O–H groups in total. The predicted molar refractivity (Wildman–Crippen MR) is 231 cm³/mol. The van der Waals surface area contributed by atoms with Crippen molar-refractivity contribution in [3.63, 3.8) is 0 Å². The van der Waals surface area contributed by atoms with Gasteiger partial charge < -0.3 is 10.6 Å². The summed E-state index contributed by atoms with van der Waals surface area (Å²) in [5, 5.41) is 6.28. The second-order valence-corrected chi connectivity index (χ2v) is 16.6. The normalized spacial score (nSPS) is 11.3. The van der Waals surface area contributed by atoms with E-state index in [1.165, 1.54) is 231 Å². The van der Waals surface area contributed by atoms with Crippen LogP contribution < -0.4 is 10.6 Å². The van der Waals surface area contributed by atoms with Gasteiger partial charge >= 0.3 is 0 Å². The number of rotatable bonds is 45. The van der Waals surface area contributed by atoms with Gasteiger partial charge in [0.1, 0.15) is 0 Å². The molecule has 52 heavy (non-hydrogen) atoms. The molecule has 0 bridgehead atoms. The van der Waals surface area contributed by atoms with Crippen molar-refractivity contribution in [2.75, 3.05) is 13.1 Å². The van der Waals surface area contributed by atoms with Crippen molar-refractivity contribution >= 4 is 11.8 Å². The third kappa shape index (κ3) is 45.1. The monoisotopic (exact) mass is 733 g/mol. The third-order valence-electron chi connectivity index (χ3n) is 11.3. The van der Waals surface area contributed by atoms with Crippen molar-refractivity contribution in [2.24, 2.45) is 0 Å². The zero-order valence-electron chi connectivity index (χ0n) is 35.9. The summed E-state index contributed by atoms with van der Waals surface area (Å²) in [7, 11) is 0. The van der Waals surface area contributed by atoms with Gasteiger partial charge in [0.15, 0.2) is 0 Å². The van der Waals surface area contributed by atoms with Crippen molar-refractivity contribution in [2.45, 2.75) is 284 Å². The zero-order chi connectivity index (χ0) is 37.7. The molecule has 2 amide bonds. The van der Waals surface area contributed by atoms with Crippen LogP contribution in [0.3, 0.4) is 0 Å². The summed E-state index contributed by atoms with van der Waals surface area (Å²) in [6, 6.07) is 0. The van der Waals surface area contributed by atoms with Gasteiger partial charge in [-0.3, -0.25) is 9.59 Å². The lowest BCUT2D eigenvalue weighted by atomic mass is 10.0. The fourth-order valence-corrected chi connectivity index (χ4v) is 7.61. The van der Waals surface area contributed by atoms with Crippen LogP contribution in [-0.4, -0.2) is 24.9 Å². The second-order valence-electron chi connectivity index (χ2n) is 16.6. The van der Waals surface area contributed by atoms with Gasteiger partial charge in [-0.1, -0.05) is 245 Å². The maximum Gasteiger partial charge on any atom is 0.219 e. The molecule has 0 radical (unpaired) electrons. The second kappa shape index (κ2) is 46.1. The van der Waals surface area contributed by atoms with E-state index in [1.807, 2.05) is 0 Å². The Morgan fingerprint density at radius 2 is 0.423 bits per heavy atom. The number of unbranched alkanes of at least 4 members (excludes halogenated alkanes) is 37. The van der Waals surface area contributed by atoms with E-state index in [2.05, 4.69) is 24.5 Å². The molecule has 0 aromatic carbocycles. The lowest BCUT2D eigenvalue weighted by Gasteiger charge is -2.07. The van der Waals surface area contributed by atoms with E-state index >= 15 is 0 Å². The molecule has 0 rings (SSSR count). The highest BCUT2D eigenvalue weighted by Crippen LogP contribution is 2.16. The van der Waals surface area contributed by atoms with Crippen LogP contribution in [0.1, 0.15) is 284 Å². The Bertz CT molecular complexity index is 638. The summed E-state index contributed by atoms with van der Waals surface area (Å²) in [6.07, 6.45) is 55.0. The molecule has 0 aromatic rings. The van der Waals surface area contributed by atoms with Gasteiger partial charge in [0.05, 0.1) is 0 Å². The number of amides is 2. The summed E-state index contributed by atoms with van der Waals surface area (Å²) < 4.78 is 0. The Hall–Kier alpha value is -1.06. The van der Waals surface area contributed by atoms with E-state index < -0.39 is 0 Å². The number of carbonyl (C=O) groups excluding carboxylic acids is 2. The van der Waals surface area contributed by atoms with Crippen molar-refractivity contribution < 1.29 is 9.59 Å². The number of hydrogen-bond donors (Lipinski definition) is 2. The predicted octanol–water partition coefficient (Wildman–Crippen LogP) is 15.6. The number of hydrogen-bond acceptors (Lipinski definition) is 2. The summed E-state index contributed by atoms with van der Waals surface area (Å²) in [4.78, 5) is 24.2. The van der Waals surface area contributed by atoms with Crippen LogP contribution in [0.25, 0.3) is 0 Å². The minimum absolute atomic E-state index is 0.259. The highest BCUT2D eigenvalue weighted by atomic mass is 16.2. The molecule has 0 heterocycles. The molecule has 0 fully saturated rings. The Morgan fingerprint density at radius 3 is 0.635 bits per heavy atom. The molecule has 0 aromatic heterocycles. The van der Waals surface area contributed by atoms with Gasteiger partial charge in [0.25, 0.3) is 0 Å². The number of carbonyl (C=O) groups is 2. The van der Waals surface area contributed by atoms with E-state index in [9.17, 15) is 9.59 Å². The van der Waals surface area contributed by atoms with Crippen LogP contribution in [-0.2, 0) is 9.59 Å². The van der Waals surface area contributed by atoms with Crippen molar-refractivity contribution in [1.29, 1.82) is 0 Å². The third-order valence-corrected chi connectivity index (χ3v) is 11.3. The fraction of sp³-hybridized carbons (Fsp3) is 0.958. The first-order chi connectivity index (χ1) is 25.7. The van der Waals surface area contributed by atoms with Gasteiger partial charge in [0, 0.05) is 25.9 Å². The molecule has 0 aliphatic carbocycles. The van der Waals surface area contributed by atoms with E-state index in [-0.39, 0.29) is 11.8 Å². The average molecular weight is 733 g/mol. The molecule has 0 saturated heterocycles. The maximum absolute atomic E-state index is 12.1. The summed E-state index contributed by atoms with van der Waals surface area (Å²) in [5.41, 5.74) is 0. The zero-order valence-corrected chi connectivity index (χ0v) is 35.9. The van der Waals surface area contributed by atoms with E-state index in [0.717, 1.165) is 38.8 Å². The van der Waals surface area contributed by atoms with Crippen LogP contribution >= 0.6 is 0 Å². The van der Waals surface area contributed by atoms with Crippen molar-refractivity contribution in [3.05, 3.63) is 0 Å². The Morgan fingerprint density at radius 1 is 0.250 bits per heavy atom. The van der Waals surface area contributed by atoms with Gasteiger partial charge in [0.2, 0.25) is 11.8 Å². The molecule has 4 nitrogen and oxygen atoms in total. The SMILES string of the molecule is CCCCCCCCCCCCCCCCCC(=O)NCCCCCCCCCCCCNC(=O)CCCCCCCCCCCCCCCCC. The lowest BCUT2D eigenvalue weighted by molar-refractivity contribution is -0.122. The first-order valence-corrected chi connectivity index (χ1v) is 24.2. The summed E-state index contributed by atoms with van der Waals surface area (Å²) in [5.74, 6) is 0.518. The van der Waals surface area contributed by atoms with E-state index in [0.29, 0.717) is 12.8 Å². The van der Waals surface area contributed by atoms with Gasteiger partial charge in [-0.15, -0.1) is 0 Å². The van der Waals surface area contributed by atoms with Gasteiger partial charge in [-0.05, 0) is 25.7 Å². The Kier molecular flexibility index (Phi) is 45.2. The molecule has 0 saturated carbocycles. The van der Waals surface area contributed by atoms with Crippen molar-refractivity contribution in [1.82, 2.24) is 10.6 Å². The summed E-state index contributed by atoms with van der Waals surface area (Å²) >= 11 is 0. The highest BCUT2D eigenvalue weighted by molar-refractivity contribution is 5.76. The first-order valence-electron chi connectivity index (χ1n) is 24.2. The van der Waals surface area contributed by atoms with Crippen LogP contribution in [0.2, 0.25) is 0 Å². The number of nitrogens with one attached hydrogen (secondary N) is 2. The standard InChI is InChI=1S/C48H96N2O2/c1-3-5-7-9-11-13-15-17-19-21-23-27-31-35-39-43-47(51)49-45-41-37-33-29-25-26-30-34-38-42-46-50-48(52)44-40-36-32-28-24-22-20-18-16-14-12-10-8-6-4-2/h3-46H2,1-2H3,(H,49,51)(H,50,52). The van der Waals surface area contributed by atoms with E-state index in [1.54, 1.807) is 0 Å². The minimum atomic E-state index is 0.259. The molecule has 4 heteroatoms. The first kappa shape index (κ1) is 50.9. The average Bonchev–Trinajstić information content (AvgIpc) is 3.14. The van der Waals surface area contributed by atoms with Gasteiger partial charge in [-0.2, -0.15) is 0 Å². The van der Waals surface area contributed by atoms with Gasteiger partial charge in [-0.25, -0.2) is 0 Å². The van der Waals surface area contributed by atoms with E-state index in [4.69, 9.17) is 0 Å². The molecule has 0 unspecified atom stereocenters. The quantitative estimate of drug-likeness (QED) is 0.0613. The minimum Gasteiger partial charge on any atom is -0.356 e. The molecule has 0 spiro atoms. The molecular weight excluding hydrogens is 637 g/mol. The van der Waals surface area contributed by atoms with Crippen LogP contribution in [0.4, 0.5) is 0 Å². The van der Waals surface area contributed by atoms with Crippen LogP contribution in [0.5, 0.6) is 0 Å². The molecule has 310 valence electrons. The topological polar surface area (TPSA) is 58.2 Å². The molecule has 0 aliphatic heterocycles. The van der Waals surface area contributed by atoms with Crippen LogP contribution in [0.15, 0.2) is 0 Å². The molecule has 0 atom stereocenters. The maximum atomic E-state index is 12.1.